The van der Waals surface area contributed by atoms with Crippen molar-refractivity contribution in [1.29, 1.82) is 0 Å². The summed E-state index contributed by atoms with van der Waals surface area (Å²) in [6, 6.07) is 34.9. The number of hydrogen-bond acceptors (Lipinski definition) is 1. The van der Waals surface area contributed by atoms with Crippen LogP contribution in [0.25, 0.3) is 10.8 Å². The first-order valence-electron chi connectivity index (χ1n) is 15.0. The highest BCUT2D eigenvalue weighted by atomic mass is 31.1. The molecule has 0 aliphatic heterocycles. The highest BCUT2D eigenvalue weighted by molar-refractivity contribution is 7.77. The number of fused-ring (bicyclic) bond motifs is 1. The maximum atomic E-state index is 13.5. The number of hydrogen-bond donors (Lipinski definition) is 0. The van der Waals surface area contributed by atoms with Crippen LogP contribution < -0.4 is 21.2 Å². The summed E-state index contributed by atoms with van der Waals surface area (Å²) < 4.78 is 82.9. The average Bonchev–Trinajstić information content (AvgIpc) is 3.54. The normalized spacial score (nSPS) is 15.2. The van der Waals surface area contributed by atoms with Crippen LogP contribution in [0.5, 0.6) is 0 Å². The lowest BCUT2D eigenvalue weighted by Gasteiger charge is -2.36. The maximum absolute atomic E-state index is 13.5. The zero-order chi connectivity index (χ0) is 33.3. The minimum atomic E-state index is -4.50. The van der Waals surface area contributed by atoms with E-state index in [0.717, 1.165) is 41.6 Å². The monoisotopic (exact) mass is 677 g/mol. The lowest BCUT2D eigenvalue weighted by molar-refractivity contribution is -0.138. The van der Waals surface area contributed by atoms with Crippen LogP contribution in [-0.4, -0.2) is 17.8 Å². The van der Waals surface area contributed by atoms with Gasteiger partial charge in [-0.05, 0) is 95.5 Å². The Hall–Kier alpha value is -3.76. The van der Waals surface area contributed by atoms with E-state index in [1.165, 1.54) is 45.6 Å². The second-order valence-corrected chi connectivity index (χ2v) is 15.8. The zero-order valence-corrected chi connectivity index (χ0v) is 27.4. The molecule has 240 valence electrons. The second kappa shape index (κ2) is 13.4. The van der Waals surface area contributed by atoms with Crippen LogP contribution in [0.2, 0.25) is 0 Å². The van der Waals surface area contributed by atoms with Gasteiger partial charge in [0.1, 0.15) is 0 Å². The van der Waals surface area contributed by atoms with Gasteiger partial charge in [0, 0.05) is 14.1 Å². The standard InChI is InChI=1S/C38H31F6NP2/c1-26(45(2)47(31-22-18-28(19-23-31)37(39,40)41)32-24-20-29(21-25-32)38(42,43)44)33-15-9-17-35(33)46(30-12-4-3-5-13-30)36-16-8-11-27-10-6-7-14-34(27)36/h3-16,18-26H,17H2,1-2H3/t26-,46-/m0/s1. The highest BCUT2D eigenvalue weighted by Crippen LogP contribution is 2.52. The van der Waals surface area contributed by atoms with Gasteiger partial charge in [0.05, 0.1) is 11.1 Å². The van der Waals surface area contributed by atoms with Crippen LogP contribution in [0, 0.1) is 0 Å². The van der Waals surface area contributed by atoms with Crippen molar-refractivity contribution >= 4 is 48.0 Å². The van der Waals surface area contributed by atoms with Crippen LogP contribution in [0.1, 0.15) is 24.5 Å². The molecule has 0 radical (unpaired) electrons. The topological polar surface area (TPSA) is 3.24 Å². The molecule has 47 heavy (non-hydrogen) atoms. The van der Waals surface area contributed by atoms with E-state index in [0.29, 0.717) is 10.6 Å². The molecule has 0 fully saturated rings. The Kier molecular flexibility index (Phi) is 9.45. The largest absolute Gasteiger partial charge is 0.416 e. The van der Waals surface area contributed by atoms with Crippen LogP contribution in [0.4, 0.5) is 26.3 Å². The van der Waals surface area contributed by atoms with Crippen LogP contribution in [-0.2, 0) is 12.4 Å². The summed E-state index contributed by atoms with van der Waals surface area (Å²) in [5, 5.41) is 7.29. The summed E-state index contributed by atoms with van der Waals surface area (Å²) in [7, 11) is -0.557. The van der Waals surface area contributed by atoms with Gasteiger partial charge in [-0.2, -0.15) is 26.3 Å². The quantitative estimate of drug-likeness (QED) is 0.117. The molecule has 0 bridgehead atoms. The highest BCUT2D eigenvalue weighted by Gasteiger charge is 2.34. The van der Waals surface area contributed by atoms with Gasteiger partial charge in [-0.15, -0.1) is 0 Å². The van der Waals surface area contributed by atoms with Crippen molar-refractivity contribution in [2.75, 3.05) is 7.05 Å². The van der Waals surface area contributed by atoms with E-state index in [4.69, 9.17) is 0 Å². The number of nitrogens with zero attached hydrogens (tertiary/aromatic N) is 1. The minimum Gasteiger partial charge on any atom is -0.271 e. The van der Waals surface area contributed by atoms with Crippen molar-refractivity contribution in [2.45, 2.75) is 31.7 Å². The molecule has 0 saturated carbocycles. The molecular formula is C38H31F6NP2. The van der Waals surface area contributed by atoms with Crippen LogP contribution in [0.15, 0.2) is 144 Å². The molecule has 1 nitrogen and oxygen atoms in total. The van der Waals surface area contributed by atoms with E-state index >= 15 is 0 Å². The van der Waals surface area contributed by atoms with E-state index in [9.17, 15) is 26.3 Å². The minimum absolute atomic E-state index is 0.205. The molecule has 0 saturated heterocycles. The first-order valence-corrected chi connectivity index (χ1v) is 17.7. The Labute approximate surface area is 272 Å². The summed E-state index contributed by atoms with van der Waals surface area (Å²) in [6.07, 6.45) is -3.97. The van der Waals surface area contributed by atoms with Gasteiger partial charge in [0.25, 0.3) is 0 Å². The number of benzene rings is 5. The van der Waals surface area contributed by atoms with Crippen molar-refractivity contribution in [3.63, 3.8) is 0 Å². The fourth-order valence-corrected chi connectivity index (χ4v) is 11.2. The van der Waals surface area contributed by atoms with Gasteiger partial charge in [0.15, 0.2) is 0 Å². The number of allylic oxidation sites excluding steroid dienone is 2. The Morgan fingerprint density at radius 1 is 0.617 bits per heavy atom. The van der Waals surface area contributed by atoms with E-state index in [2.05, 4.69) is 66.2 Å². The van der Waals surface area contributed by atoms with Crippen LogP contribution >= 0.6 is 16.0 Å². The summed E-state index contributed by atoms with van der Waals surface area (Å²) in [5.74, 6) is 0. The summed E-state index contributed by atoms with van der Waals surface area (Å²) in [5.41, 5.74) is -0.431. The fraction of sp³-hybridized carbons (Fsp3) is 0.158. The third kappa shape index (κ3) is 6.94. The summed E-state index contributed by atoms with van der Waals surface area (Å²) >= 11 is 0. The Morgan fingerprint density at radius 3 is 1.72 bits per heavy atom. The lowest BCUT2D eigenvalue weighted by Crippen LogP contribution is -2.34. The first kappa shape index (κ1) is 33.2. The predicted octanol–water partition coefficient (Wildman–Crippen LogP) is 9.89. The fourth-order valence-electron chi connectivity index (χ4n) is 6.00. The molecule has 0 N–H and O–H groups in total. The summed E-state index contributed by atoms with van der Waals surface area (Å²) in [4.78, 5) is 0. The van der Waals surface area contributed by atoms with E-state index < -0.39 is 39.5 Å². The third-order valence-electron chi connectivity index (χ3n) is 8.44. The maximum Gasteiger partial charge on any atom is 0.416 e. The smallest absolute Gasteiger partial charge is 0.271 e. The molecule has 6 rings (SSSR count). The molecule has 2 atom stereocenters. The Bertz CT molecular complexity index is 1850. The number of likely N-dealkylation sites (N-methyl/N-ethyl adjacent to an activating group) is 1. The van der Waals surface area contributed by atoms with E-state index in [1.54, 1.807) is 0 Å². The molecule has 1 aliphatic carbocycles. The zero-order valence-electron chi connectivity index (χ0n) is 25.6. The molecule has 1 aliphatic rings. The third-order valence-corrected chi connectivity index (χ3v) is 13.7. The lowest BCUT2D eigenvalue weighted by atomic mass is 10.1. The molecule has 9 heteroatoms. The molecule has 0 spiro atoms. The SMILES string of the molecule is C[C@@H](C1=C([P@](c2ccccc2)c2cccc3ccccc23)CC=C1)N(C)P(c1ccc(C(F)(F)F)cc1)c1ccc(C(F)(F)F)cc1. The van der Waals surface area contributed by atoms with Gasteiger partial charge in [-0.1, -0.05) is 109 Å². The van der Waals surface area contributed by atoms with Crippen molar-refractivity contribution in [2.24, 2.45) is 0 Å². The first-order chi connectivity index (χ1) is 22.4. The van der Waals surface area contributed by atoms with E-state index in [1.807, 2.05) is 37.4 Å². The van der Waals surface area contributed by atoms with Crippen molar-refractivity contribution in [3.8, 4) is 0 Å². The van der Waals surface area contributed by atoms with Crippen LogP contribution in [0.3, 0.4) is 0 Å². The van der Waals surface area contributed by atoms with Crippen molar-refractivity contribution in [3.05, 3.63) is 155 Å². The Morgan fingerprint density at radius 2 is 1.15 bits per heavy atom. The molecule has 5 aromatic carbocycles. The number of rotatable bonds is 8. The molecule has 5 aromatic rings. The van der Waals surface area contributed by atoms with Gasteiger partial charge in [0.2, 0.25) is 0 Å². The van der Waals surface area contributed by atoms with E-state index in [-0.39, 0.29) is 6.04 Å². The van der Waals surface area contributed by atoms with Gasteiger partial charge < -0.3 is 0 Å². The van der Waals surface area contributed by atoms with Crippen molar-refractivity contribution < 1.29 is 26.3 Å². The van der Waals surface area contributed by atoms with Gasteiger partial charge >= 0.3 is 12.4 Å². The average molecular weight is 678 g/mol. The molecule has 0 unspecified atom stereocenters. The molecular weight excluding hydrogens is 646 g/mol. The number of halogens is 6. The number of alkyl halides is 6. The van der Waals surface area contributed by atoms with Gasteiger partial charge in [-0.25, -0.2) is 0 Å². The molecule has 0 amide bonds. The second-order valence-electron chi connectivity index (χ2n) is 11.3. The Balaban J connectivity index is 1.46. The molecule has 0 heterocycles. The predicted molar refractivity (Wildman–Crippen MR) is 184 cm³/mol. The molecule has 0 aromatic heterocycles. The van der Waals surface area contributed by atoms with Gasteiger partial charge in [-0.3, -0.25) is 4.67 Å². The summed E-state index contributed by atoms with van der Waals surface area (Å²) in [6.45, 7) is 2.07. The van der Waals surface area contributed by atoms with Crippen molar-refractivity contribution in [1.82, 2.24) is 4.67 Å².